The van der Waals surface area contributed by atoms with Crippen LogP contribution in [0.3, 0.4) is 0 Å². The molecule has 1 aliphatic rings. The zero-order valence-electron chi connectivity index (χ0n) is 12.8. The van der Waals surface area contributed by atoms with Gasteiger partial charge in [0, 0.05) is 17.1 Å². The summed E-state index contributed by atoms with van der Waals surface area (Å²) in [6.07, 6.45) is 3.70. The summed E-state index contributed by atoms with van der Waals surface area (Å²) in [4.78, 5) is 12.5. The minimum Gasteiger partial charge on any atom is -0.368 e. The van der Waals surface area contributed by atoms with Crippen molar-refractivity contribution in [2.45, 2.75) is 50.5 Å². The summed E-state index contributed by atoms with van der Waals surface area (Å²) in [5.74, 6) is 0.665. The molecule has 1 saturated heterocycles. The largest absolute Gasteiger partial charge is 0.368 e. The lowest BCUT2D eigenvalue weighted by atomic mass is 10.0. The van der Waals surface area contributed by atoms with Crippen LogP contribution in [-0.4, -0.2) is 23.4 Å². The van der Waals surface area contributed by atoms with Crippen LogP contribution in [0.2, 0.25) is 0 Å². The fourth-order valence-electron chi connectivity index (χ4n) is 2.58. The maximum atomic E-state index is 12.0. The molecule has 3 nitrogen and oxygen atoms in total. The normalized spacial score (nSPS) is 19.7. The van der Waals surface area contributed by atoms with Crippen molar-refractivity contribution in [2.24, 2.45) is 5.92 Å². The molecule has 1 N–H and O–H groups in total. The Hall–Kier alpha value is -0.870. The fourth-order valence-corrected chi connectivity index (χ4v) is 3.70. The summed E-state index contributed by atoms with van der Waals surface area (Å²) in [6, 6.07) is 8.11. The summed E-state index contributed by atoms with van der Waals surface area (Å²) in [6.45, 7) is 5.16. The molecule has 2 unspecified atom stereocenters. The number of benzene rings is 1. The van der Waals surface area contributed by atoms with Gasteiger partial charge in [-0.15, -0.1) is 0 Å². The number of anilines is 1. The van der Waals surface area contributed by atoms with Gasteiger partial charge in [0.25, 0.3) is 5.91 Å². The molecule has 4 heteroatoms. The zero-order chi connectivity index (χ0) is 15.2. The van der Waals surface area contributed by atoms with Gasteiger partial charge in [-0.25, -0.2) is 0 Å². The average molecular weight is 354 g/mol. The third-order valence-electron chi connectivity index (χ3n) is 3.63. The number of carbonyl (C=O) groups excluding carboxylic acids is 1. The number of ether oxygens (including phenoxy) is 1. The maximum Gasteiger partial charge on any atom is 0.253 e. The molecular weight excluding hydrogens is 330 g/mol. The number of carbonyl (C=O) groups is 1. The maximum absolute atomic E-state index is 12.0. The molecule has 2 rings (SSSR count). The van der Waals surface area contributed by atoms with Crippen molar-refractivity contribution >= 4 is 27.5 Å². The van der Waals surface area contributed by atoms with Crippen LogP contribution >= 0.6 is 15.9 Å². The van der Waals surface area contributed by atoms with Crippen molar-refractivity contribution in [3.05, 3.63) is 29.8 Å². The standard InChI is InChI=1S/C17H24BrNO2/c1-12(2)10-14(18)11-13-5-7-15(8-6-13)19-17(20)16-4-3-9-21-16/h5-8,12,14,16H,3-4,9-11H2,1-2H3,(H,19,20). The van der Waals surface area contributed by atoms with Crippen molar-refractivity contribution in [3.63, 3.8) is 0 Å². The lowest BCUT2D eigenvalue weighted by Gasteiger charge is -2.13. The van der Waals surface area contributed by atoms with E-state index in [9.17, 15) is 4.79 Å². The van der Waals surface area contributed by atoms with Gasteiger partial charge in [0.15, 0.2) is 0 Å². The molecule has 1 aliphatic heterocycles. The molecule has 1 fully saturated rings. The Labute approximate surface area is 135 Å². The first-order chi connectivity index (χ1) is 10.0. The number of hydrogen-bond donors (Lipinski definition) is 1. The second kappa shape index (κ2) is 7.95. The van der Waals surface area contributed by atoms with Gasteiger partial charge in [0.2, 0.25) is 0 Å². The topological polar surface area (TPSA) is 38.3 Å². The summed E-state index contributed by atoms with van der Waals surface area (Å²) in [5, 5.41) is 2.92. The predicted octanol–water partition coefficient (Wildman–Crippen LogP) is 4.16. The fraction of sp³-hybridized carbons (Fsp3) is 0.588. The highest BCUT2D eigenvalue weighted by atomic mass is 79.9. The third-order valence-corrected chi connectivity index (χ3v) is 4.33. The van der Waals surface area contributed by atoms with E-state index in [1.807, 2.05) is 12.1 Å². The summed E-state index contributed by atoms with van der Waals surface area (Å²) in [5.41, 5.74) is 2.13. The van der Waals surface area contributed by atoms with E-state index in [2.05, 4.69) is 47.2 Å². The molecule has 1 heterocycles. The van der Waals surface area contributed by atoms with E-state index < -0.39 is 0 Å². The van der Waals surface area contributed by atoms with Crippen LogP contribution in [0.1, 0.15) is 38.7 Å². The van der Waals surface area contributed by atoms with Gasteiger partial charge in [-0.3, -0.25) is 4.79 Å². The van der Waals surface area contributed by atoms with E-state index in [4.69, 9.17) is 4.74 Å². The van der Waals surface area contributed by atoms with E-state index in [-0.39, 0.29) is 12.0 Å². The van der Waals surface area contributed by atoms with E-state index in [1.165, 1.54) is 5.56 Å². The minimum absolute atomic E-state index is 0.0292. The van der Waals surface area contributed by atoms with Gasteiger partial charge in [0.05, 0.1) is 0 Å². The van der Waals surface area contributed by atoms with E-state index in [0.717, 1.165) is 31.4 Å². The third kappa shape index (κ3) is 5.44. The Bertz CT molecular complexity index is 452. The second-order valence-corrected chi connectivity index (χ2v) is 7.41. The van der Waals surface area contributed by atoms with Crippen LogP contribution < -0.4 is 5.32 Å². The number of alkyl halides is 1. The van der Waals surface area contributed by atoms with Crippen LogP contribution in [0.5, 0.6) is 0 Å². The molecule has 1 aromatic carbocycles. The second-order valence-electron chi connectivity index (χ2n) is 6.12. The molecule has 0 radical (unpaired) electrons. The molecule has 1 aromatic rings. The van der Waals surface area contributed by atoms with Crippen LogP contribution in [0.4, 0.5) is 5.69 Å². The van der Waals surface area contributed by atoms with E-state index in [0.29, 0.717) is 17.4 Å². The quantitative estimate of drug-likeness (QED) is 0.779. The molecule has 116 valence electrons. The van der Waals surface area contributed by atoms with Crippen molar-refractivity contribution < 1.29 is 9.53 Å². The van der Waals surface area contributed by atoms with Crippen molar-refractivity contribution in [1.29, 1.82) is 0 Å². The predicted molar refractivity (Wildman–Crippen MR) is 89.9 cm³/mol. The number of hydrogen-bond acceptors (Lipinski definition) is 2. The highest BCUT2D eigenvalue weighted by Crippen LogP contribution is 2.20. The molecule has 0 bridgehead atoms. The van der Waals surface area contributed by atoms with E-state index in [1.54, 1.807) is 0 Å². The highest BCUT2D eigenvalue weighted by Gasteiger charge is 2.23. The SMILES string of the molecule is CC(C)CC(Br)Cc1ccc(NC(=O)C2CCCO2)cc1. The Morgan fingerprint density at radius 3 is 2.67 bits per heavy atom. The van der Waals surface area contributed by atoms with Crippen molar-refractivity contribution in [2.75, 3.05) is 11.9 Å². The van der Waals surface area contributed by atoms with Gasteiger partial charge in [-0.1, -0.05) is 41.9 Å². The molecule has 0 saturated carbocycles. The molecule has 2 atom stereocenters. The van der Waals surface area contributed by atoms with Crippen LogP contribution in [0, 0.1) is 5.92 Å². The van der Waals surface area contributed by atoms with E-state index >= 15 is 0 Å². The average Bonchev–Trinajstić information content (AvgIpc) is 2.94. The van der Waals surface area contributed by atoms with Crippen LogP contribution in [-0.2, 0) is 16.0 Å². The minimum atomic E-state index is -0.275. The first kappa shape index (κ1) is 16.5. The summed E-state index contributed by atoms with van der Waals surface area (Å²) >= 11 is 3.73. The smallest absolute Gasteiger partial charge is 0.253 e. The molecule has 0 spiro atoms. The molecule has 21 heavy (non-hydrogen) atoms. The number of nitrogens with one attached hydrogen (secondary N) is 1. The molecule has 0 aromatic heterocycles. The van der Waals surface area contributed by atoms with Crippen LogP contribution in [0.15, 0.2) is 24.3 Å². The first-order valence-corrected chi connectivity index (χ1v) is 8.61. The summed E-state index contributed by atoms with van der Waals surface area (Å²) < 4.78 is 5.38. The molecule has 0 aliphatic carbocycles. The Kier molecular flexibility index (Phi) is 6.24. The number of amides is 1. The first-order valence-electron chi connectivity index (χ1n) is 7.70. The highest BCUT2D eigenvalue weighted by molar-refractivity contribution is 9.09. The van der Waals surface area contributed by atoms with Gasteiger partial charge in [-0.2, -0.15) is 0 Å². The van der Waals surface area contributed by atoms with Crippen molar-refractivity contribution in [3.8, 4) is 0 Å². The molecule has 1 amide bonds. The zero-order valence-corrected chi connectivity index (χ0v) is 14.4. The Morgan fingerprint density at radius 1 is 1.38 bits per heavy atom. The molecular formula is C17H24BrNO2. The Balaban J connectivity index is 1.85. The van der Waals surface area contributed by atoms with Gasteiger partial charge >= 0.3 is 0 Å². The summed E-state index contributed by atoms with van der Waals surface area (Å²) in [7, 11) is 0. The van der Waals surface area contributed by atoms with Crippen molar-refractivity contribution in [1.82, 2.24) is 0 Å². The number of halogens is 1. The van der Waals surface area contributed by atoms with Crippen LogP contribution in [0.25, 0.3) is 0 Å². The number of rotatable bonds is 6. The Morgan fingerprint density at radius 2 is 2.10 bits per heavy atom. The lowest BCUT2D eigenvalue weighted by molar-refractivity contribution is -0.124. The van der Waals surface area contributed by atoms with Gasteiger partial charge in [-0.05, 0) is 49.3 Å². The van der Waals surface area contributed by atoms with Gasteiger partial charge < -0.3 is 10.1 Å². The lowest BCUT2D eigenvalue weighted by Crippen LogP contribution is -2.26. The monoisotopic (exact) mass is 353 g/mol. The van der Waals surface area contributed by atoms with Gasteiger partial charge in [0.1, 0.15) is 6.10 Å².